The summed E-state index contributed by atoms with van der Waals surface area (Å²) in [5.74, 6) is -5.28. The molecule has 4 atom stereocenters. The Morgan fingerprint density at radius 2 is 1.38 bits per heavy atom. The van der Waals surface area contributed by atoms with Gasteiger partial charge in [0.1, 0.15) is 18.1 Å². The van der Waals surface area contributed by atoms with Crippen LogP contribution in [0.15, 0.2) is 30.3 Å². The molecule has 0 saturated heterocycles. The molecule has 34 heavy (non-hydrogen) atoms. The van der Waals surface area contributed by atoms with Crippen LogP contribution in [0.3, 0.4) is 0 Å². The van der Waals surface area contributed by atoms with Crippen molar-refractivity contribution in [3.8, 4) is 0 Å². The highest BCUT2D eigenvalue weighted by Crippen LogP contribution is 2.06. The van der Waals surface area contributed by atoms with Crippen molar-refractivity contribution in [2.24, 2.45) is 11.7 Å². The Hall–Kier alpha value is -3.51. The molecular weight excluding hydrogens is 448 g/mol. The van der Waals surface area contributed by atoms with Crippen LogP contribution < -0.4 is 21.7 Å². The van der Waals surface area contributed by atoms with E-state index in [1.807, 2.05) is 0 Å². The number of aliphatic hydroxyl groups excluding tert-OH is 1. The van der Waals surface area contributed by atoms with E-state index in [1.165, 1.54) is 0 Å². The minimum Gasteiger partial charge on any atom is -0.481 e. The summed E-state index contributed by atoms with van der Waals surface area (Å²) in [6, 6.07) is 3.48. The Kier molecular flexibility index (Phi) is 11.7. The maximum atomic E-state index is 12.9. The van der Waals surface area contributed by atoms with Crippen molar-refractivity contribution in [3.05, 3.63) is 35.9 Å². The van der Waals surface area contributed by atoms with Crippen LogP contribution in [0.25, 0.3) is 0 Å². The lowest BCUT2D eigenvalue weighted by Gasteiger charge is -2.25. The van der Waals surface area contributed by atoms with Gasteiger partial charge in [0, 0.05) is 12.8 Å². The van der Waals surface area contributed by atoms with Gasteiger partial charge in [-0.25, -0.2) is 4.79 Å². The van der Waals surface area contributed by atoms with E-state index in [0.717, 1.165) is 0 Å². The number of carboxylic acid groups (broad SMARTS) is 2. The van der Waals surface area contributed by atoms with Crippen LogP contribution in [0.2, 0.25) is 0 Å². The van der Waals surface area contributed by atoms with E-state index in [1.54, 1.807) is 44.2 Å². The first-order valence-electron chi connectivity index (χ1n) is 10.7. The normalized spacial score (nSPS) is 14.4. The number of aliphatic hydroxyl groups is 1. The smallest absolute Gasteiger partial charge is 0.326 e. The number of rotatable bonds is 14. The van der Waals surface area contributed by atoms with Crippen molar-refractivity contribution in [2.45, 2.75) is 57.3 Å². The predicted molar refractivity (Wildman–Crippen MR) is 120 cm³/mol. The van der Waals surface area contributed by atoms with E-state index < -0.39 is 66.9 Å². The number of nitrogens with one attached hydrogen (secondary N) is 3. The third-order valence-electron chi connectivity index (χ3n) is 5.01. The Bertz CT molecular complexity index is 862. The summed E-state index contributed by atoms with van der Waals surface area (Å²) in [6.45, 7) is 2.65. The molecule has 0 saturated carbocycles. The average molecular weight is 481 g/mol. The van der Waals surface area contributed by atoms with Gasteiger partial charge in [0.2, 0.25) is 17.7 Å². The second kappa shape index (κ2) is 13.9. The summed E-state index contributed by atoms with van der Waals surface area (Å²) in [4.78, 5) is 60.1. The molecule has 0 fully saturated rings. The number of hydrogen-bond donors (Lipinski definition) is 7. The van der Waals surface area contributed by atoms with Crippen LogP contribution in [0.4, 0.5) is 0 Å². The lowest BCUT2D eigenvalue weighted by atomic mass is 10.0. The zero-order valence-electron chi connectivity index (χ0n) is 19.1. The van der Waals surface area contributed by atoms with E-state index in [2.05, 4.69) is 16.0 Å². The summed E-state index contributed by atoms with van der Waals surface area (Å²) >= 11 is 0. The molecule has 3 amide bonds. The van der Waals surface area contributed by atoms with Gasteiger partial charge in [0.25, 0.3) is 0 Å². The molecule has 0 bridgehead atoms. The maximum Gasteiger partial charge on any atom is 0.326 e. The topological polar surface area (TPSA) is 208 Å². The highest BCUT2D eigenvalue weighted by atomic mass is 16.4. The predicted octanol–water partition coefficient (Wildman–Crippen LogP) is -1.39. The summed E-state index contributed by atoms with van der Waals surface area (Å²) in [5, 5.41) is 34.7. The molecule has 0 radical (unpaired) electrons. The van der Waals surface area contributed by atoms with Crippen molar-refractivity contribution in [3.63, 3.8) is 0 Å². The molecule has 0 spiro atoms. The van der Waals surface area contributed by atoms with Gasteiger partial charge in [-0.3, -0.25) is 19.2 Å². The Labute approximate surface area is 196 Å². The molecule has 12 nitrogen and oxygen atoms in total. The first-order valence-corrected chi connectivity index (χ1v) is 10.7. The molecule has 0 aliphatic rings. The van der Waals surface area contributed by atoms with Crippen LogP contribution >= 0.6 is 0 Å². The fraction of sp³-hybridized carbons (Fsp3) is 0.500. The number of carbonyl (C=O) groups is 5. The van der Waals surface area contributed by atoms with Gasteiger partial charge in [0.05, 0.1) is 12.6 Å². The molecule has 12 heteroatoms. The number of hydrogen-bond acceptors (Lipinski definition) is 7. The summed E-state index contributed by atoms with van der Waals surface area (Å²) < 4.78 is 0. The lowest BCUT2D eigenvalue weighted by Crippen LogP contribution is -2.59. The Morgan fingerprint density at radius 3 is 1.88 bits per heavy atom. The van der Waals surface area contributed by atoms with Crippen molar-refractivity contribution in [1.29, 1.82) is 0 Å². The van der Waals surface area contributed by atoms with Gasteiger partial charge in [-0.1, -0.05) is 44.2 Å². The van der Waals surface area contributed by atoms with Crippen molar-refractivity contribution in [2.75, 3.05) is 6.61 Å². The molecule has 0 aliphatic carbocycles. The van der Waals surface area contributed by atoms with E-state index in [4.69, 9.17) is 10.8 Å². The third-order valence-corrected chi connectivity index (χ3v) is 5.01. The van der Waals surface area contributed by atoms with E-state index in [9.17, 15) is 34.2 Å². The van der Waals surface area contributed by atoms with Crippen LogP contribution in [-0.4, -0.2) is 75.8 Å². The second-order valence-corrected chi connectivity index (χ2v) is 8.10. The van der Waals surface area contributed by atoms with Crippen molar-refractivity contribution < 1.29 is 39.3 Å². The number of carbonyl (C=O) groups excluding carboxylic acids is 3. The highest BCUT2D eigenvalue weighted by molar-refractivity contribution is 5.94. The zero-order chi connectivity index (χ0) is 25.8. The quantitative estimate of drug-likeness (QED) is 0.167. The van der Waals surface area contributed by atoms with Crippen LogP contribution in [0.5, 0.6) is 0 Å². The molecule has 4 unspecified atom stereocenters. The first-order chi connectivity index (χ1) is 16.0. The summed E-state index contributed by atoms with van der Waals surface area (Å²) in [6.07, 6.45) is -0.867. The SMILES string of the molecule is CC(C)C(N)C(=O)NC(CO)C(=O)NC(Cc1ccccc1)C(=O)NC(CCC(=O)O)C(=O)O. The fourth-order valence-electron chi connectivity index (χ4n) is 2.89. The van der Waals surface area contributed by atoms with Crippen molar-refractivity contribution in [1.82, 2.24) is 16.0 Å². The van der Waals surface area contributed by atoms with Gasteiger partial charge in [-0.2, -0.15) is 0 Å². The fourth-order valence-corrected chi connectivity index (χ4v) is 2.89. The number of carboxylic acids is 2. The van der Waals surface area contributed by atoms with Crippen LogP contribution in [-0.2, 0) is 30.4 Å². The monoisotopic (exact) mass is 480 g/mol. The van der Waals surface area contributed by atoms with Gasteiger partial charge in [-0.05, 0) is 17.9 Å². The van der Waals surface area contributed by atoms with Gasteiger partial charge < -0.3 is 37.0 Å². The molecule has 1 aromatic rings. The van der Waals surface area contributed by atoms with Crippen LogP contribution in [0.1, 0.15) is 32.3 Å². The minimum atomic E-state index is -1.49. The standard InChI is InChI=1S/C22H32N4O8/c1-12(2)18(23)21(32)26-16(11-27)20(31)25-15(10-13-6-4-3-5-7-13)19(30)24-14(22(33)34)8-9-17(28)29/h3-7,12,14-16,18,27H,8-11,23H2,1-2H3,(H,24,30)(H,25,31)(H,26,32)(H,28,29)(H,33,34). The number of nitrogens with two attached hydrogens (primary N) is 1. The zero-order valence-corrected chi connectivity index (χ0v) is 19.1. The molecule has 8 N–H and O–H groups in total. The Balaban J connectivity index is 3.02. The Morgan fingerprint density at radius 1 is 0.853 bits per heavy atom. The van der Waals surface area contributed by atoms with Gasteiger partial charge in [-0.15, -0.1) is 0 Å². The molecule has 1 aromatic carbocycles. The largest absolute Gasteiger partial charge is 0.481 e. The molecule has 0 heterocycles. The maximum absolute atomic E-state index is 12.9. The lowest BCUT2D eigenvalue weighted by molar-refractivity contribution is -0.143. The first kappa shape index (κ1) is 28.5. The summed E-state index contributed by atoms with van der Waals surface area (Å²) in [5.41, 5.74) is 6.41. The third kappa shape index (κ3) is 9.55. The van der Waals surface area contributed by atoms with E-state index in [0.29, 0.717) is 5.56 Å². The van der Waals surface area contributed by atoms with Crippen LogP contribution in [0, 0.1) is 5.92 Å². The summed E-state index contributed by atoms with van der Waals surface area (Å²) in [7, 11) is 0. The second-order valence-electron chi connectivity index (χ2n) is 8.10. The molecule has 0 aromatic heterocycles. The number of amides is 3. The van der Waals surface area contributed by atoms with Crippen molar-refractivity contribution >= 4 is 29.7 Å². The number of aliphatic carboxylic acids is 2. The van der Waals surface area contributed by atoms with Gasteiger partial charge >= 0.3 is 11.9 Å². The number of benzene rings is 1. The van der Waals surface area contributed by atoms with E-state index in [-0.39, 0.29) is 18.8 Å². The van der Waals surface area contributed by atoms with E-state index >= 15 is 0 Å². The highest BCUT2D eigenvalue weighted by Gasteiger charge is 2.30. The molecule has 0 aliphatic heterocycles. The molecule has 1 rings (SSSR count). The van der Waals surface area contributed by atoms with Gasteiger partial charge in [0.15, 0.2) is 0 Å². The molecular formula is C22H32N4O8. The average Bonchev–Trinajstić information content (AvgIpc) is 2.78. The molecule has 188 valence electrons. The minimum absolute atomic E-state index is 0.0265.